The number of ether oxygens (including phenoxy) is 2. The summed E-state index contributed by atoms with van der Waals surface area (Å²) in [4.78, 5) is 56.6. The predicted octanol–water partition coefficient (Wildman–Crippen LogP) is 2.69. The van der Waals surface area contributed by atoms with Crippen molar-refractivity contribution in [2.75, 3.05) is 40.4 Å². The molecular weight excluding hydrogens is 576 g/mol. The molecule has 3 aromatic carbocycles. The van der Waals surface area contributed by atoms with Gasteiger partial charge in [0.2, 0.25) is 17.7 Å². The number of para-hydroxylation sites is 2. The first-order chi connectivity index (χ1) is 21.6. The highest BCUT2D eigenvalue weighted by Gasteiger charge is 2.29. The molecule has 0 fully saturated rings. The van der Waals surface area contributed by atoms with Gasteiger partial charge < -0.3 is 35.0 Å². The molecule has 0 unspecified atom stereocenters. The van der Waals surface area contributed by atoms with Crippen LogP contribution in [0.25, 0.3) is 0 Å². The van der Waals surface area contributed by atoms with E-state index >= 15 is 0 Å². The molecule has 1 aliphatic heterocycles. The molecule has 4 rings (SSSR count). The molecule has 2 atom stereocenters. The molecule has 3 N–H and O–H groups in total. The second-order valence-electron chi connectivity index (χ2n) is 11.0. The summed E-state index contributed by atoms with van der Waals surface area (Å²) in [5, 5.41) is 15.3. The minimum Gasteiger partial charge on any atom is -0.508 e. The maximum Gasteiger partial charge on any atom is 0.255 e. The molecule has 0 saturated carbocycles. The SMILES string of the molecule is Cc1ccccc1OCCN(C)C(=O)[C@@H]1CCC(=O)N[C@@H](Cc2ccc(O)cc2)C(=O)N(C)CCOc2ccccc2C(=O)N1. The van der Waals surface area contributed by atoms with E-state index in [2.05, 4.69) is 10.6 Å². The van der Waals surface area contributed by atoms with Crippen molar-refractivity contribution in [2.24, 2.45) is 0 Å². The van der Waals surface area contributed by atoms with Crippen LogP contribution in [-0.4, -0.2) is 91.0 Å². The summed E-state index contributed by atoms with van der Waals surface area (Å²) >= 11 is 0. The van der Waals surface area contributed by atoms with Crippen LogP contribution in [0.1, 0.15) is 34.3 Å². The van der Waals surface area contributed by atoms with E-state index in [4.69, 9.17) is 9.47 Å². The second-order valence-corrected chi connectivity index (χ2v) is 11.0. The number of carbonyl (C=O) groups excluding carboxylic acids is 4. The maximum absolute atomic E-state index is 13.6. The van der Waals surface area contributed by atoms with Gasteiger partial charge in [-0.2, -0.15) is 0 Å². The molecule has 238 valence electrons. The predicted molar refractivity (Wildman–Crippen MR) is 168 cm³/mol. The Morgan fingerprint density at radius 2 is 1.73 bits per heavy atom. The molecule has 0 aromatic heterocycles. The Labute approximate surface area is 263 Å². The average Bonchev–Trinajstić information content (AvgIpc) is 3.03. The van der Waals surface area contributed by atoms with Crippen molar-refractivity contribution in [3.63, 3.8) is 0 Å². The van der Waals surface area contributed by atoms with Crippen molar-refractivity contribution >= 4 is 23.6 Å². The number of nitrogens with one attached hydrogen (secondary N) is 2. The van der Waals surface area contributed by atoms with Gasteiger partial charge in [0, 0.05) is 26.9 Å². The number of hydrogen-bond donors (Lipinski definition) is 3. The fourth-order valence-electron chi connectivity index (χ4n) is 4.94. The lowest BCUT2D eigenvalue weighted by molar-refractivity contribution is -0.136. The molecule has 3 aromatic rings. The number of nitrogens with zero attached hydrogens (tertiary/aromatic N) is 2. The molecule has 11 heteroatoms. The first-order valence-electron chi connectivity index (χ1n) is 14.9. The molecule has 0 radical (unpaired) electrons. The van der Waals surface area contributed by atoms with Crippen molar-refractivity contribution in [1.82, 2.24) is 20.4 Å². The molecule has 11 nitrogen and oxygen atoms in total. The van der Waals surface area contributed by atoms with Crippen molar-refractivity contribution < 1.29 is 33.8 Å². The highest BCUT2D eigenvalue weighted by atomic mass is 16.5. The number of aromatic hydroxyl groups is 1. The summed E-state index contributed by atoms with van der Waals surface area (Å²) in [7, 11) is 3.23. The Morgan fingerprint density at radius 1 is 1.02 bits per heavy atom. The average molecular weight is 617 g/mol. The van der Waals surface area contributed by atoms with E-state index in [1.807, 2.05) is 31.2 Å². The number of hydrogen-bond acceptors (Lipinski definition) is 7. The Balaban J connectivity index is 1.53. The van der Waals surface area contributed by atoms with E-state index in [0.717, 1.165) is 16.9 Å². The first-order valence-corrected chi connectivity index (χ1v) is 14.9. The van der Waals surface area contributed by atoms with Gasteiger partial charge in [0.1, 0.15) is 42.5 Å². The number of amides is 4. The van der Waals surface area contributed by atoms with Crippen LogP contribution in [-0.2, 0) is 20.8 Å². The summed E-state index contributed by atoms with van der Waals surface area (Å²) in [6.45, 7) is 2.72. The van der Waals surface area contributed by atoms with E-state index in [1.165, 1.54) is 21.9 Å². The van der Waals surface area contributed by atoms with Crippen LogP contribution >= 0.6 is 0 Å². The second kappa shape index (κ2) is 15.6. The third kappa shape index (κ3) is 9.21. The molecule has 0 saturated heterocycles. The number of fused-ring (bicyclic) bond motifs is 1. The molecule has 0 aliphatic carbocycles. The summed E-state index contributed by atoms with van der Waals surface area (Å²) in [6.07, 6.45) is 0.0748. The monoisotopic (exact) mass is 616 g/mol. The number of carbonyl (C=O) groups is 4. The Kier molecular flexibility index (Phi) is 11.4. The molecule has 4 amide bonds. The highest BCUT2D eigenvalue weighted by molar-refractivity contribution is 5.99. The third-order valence-electron chi connectivity index (χ3n) is 7.62. The number of likely N-dealkylation sites (N-methyl/N-ethyl adjacent to an activating group) is 2. The number of phenolic OH excluding ortho intramolecular Hbond substituents is 1. The van der Waals surface area contributed by atoms with Crippen LogP contribution in [0.5, 0.6) is 17.2 Å². The van der Waals surface area contributed by atoms with E-state index in [-0.39, 0.29) is 68.7 Å². The van der Waals surface area contributed by atoms with E-state index in [0.29, 0.717) is 5.75 Å². The van der Waals surface area contributed by atoms with Gasteiger partial charge in [-0.3, -0.25) is 19.2 Å². The molecule has 1 heterocycles. The maximum atomic E-state index is 13.6. The Hall–Kier alpha value is -5.06. The van der Waals surface area contributed by atoms with Gasteiger partial charge >= 0.3 is 0 Å². The van der Waals surface area contributed by atoms with Gasteiger partial charge in [-0.25, -0.2) is 0 Å². The van der Waals surface area contributed by atoms with Crippen molar-refractivity contribution in [2.45, 2.75) is 38.3 Å². The summed E-state index contributed by atoms with van der Waals surface area (Å²) in [6, 6.07) is 18.7. The fraction of sp³-hybridized carbons (Fsp3) is 0.353. The molecule has 45 heavy (non-hydrogen) atoms. The van der Waals surface area contributed by atoms with Crippen LogP contribution in [0.2, 0.25) is 0 Å². The fourth-order valence-corrected chi connectivity index (χ4v) is 4.94. The first kappa shape index (κ1) is 32.8. The summed E-state index contributed by atoms with van der Waals surface area (Å²) in [5.74, 6) is -0.539. The van der Waals surface area contributed by atoms with Gasteiger partial charge in [0.25, 0.3) is 5.91 Å². The lowest BCUT2D eigenvalue weighted by atomic mass is 10.0. The zero-order chi connectivity index (χ0) is 32.3. The zero-order valence-corrected chi connectivity index (χ0v) is 25.8. The van der Waals surface area contributed by atoms with Crippen molar-refractivity contribution in [3.8, 4) is 17.2 Å². The number of phenols is 1. The van der Waals surface area contributed by atoms with Gasteiger partial charge in [0.05, 0.1) is 18.7 Å². The highest BCUT2D eigenvalue weighted by Crippen LogP contribution is 2.20. The zero-order valence-electron chi connectivity index (χ0n) is 25.8. The van der Waals surface area contributed by atoms with Crippen LogP contribution in [0.4, 0.5) is 0 Å². The molecular formula is C34H40N4O7. The van der Waals surface area contributed by atoms with Gasteiger partial charge in [0.15, 0.2) is 0 Å². The standard InChI is InChI=1S/C34H40N4O7/c1-23-8-4-6-10-29(23)44-20-18-37(2)33(42)27-16-17-31(40)35-28(22-24-12-14-25(39)15-13-24)34(43)38(3)19-21-45-30-11-7-5-9-26(30)32(41)36-27/h4-15,27-28,39H,16-22H2,1-3H3,(H,35,40)(H,36,41)/t27-,28-/m0/s1. The van der Waals surface area contributed by atoms with Crippen LogP contribution in [0, 0.1) is 6.92 Å². The van der Waals surface area contributed by atoms with Crippen LogP contribution in [0.3, 0.4) is 0 Å². The summed E-state index contributed by atoms with van der Waals surface area (Å²) in [5.41, 5.74) is 1.96. The lowest BCUT2D eigenvalue weighted by Gasteiger charge is -2.26. The minimum atomic E-state index is -1.03. The third-order valence-corrected chi connectivity index (χ3v) is 7.62. The van der Waals surface area contributed by atoms with Gasteiger partial charge in [-0.05, 0) is 54.8 Å². The smallest absolute Gasteiger partial charge is 0.255 e. The van der Waals surface area contributed by atoms with Crippen LogP contribution < -0.4 is 20.1 Å². The quantitative estimate of drug-likeness (QED) is 0.371. The van der Waals surface area contributed by atoms with Crippen molar-refractivity contribution in [1.29, 1.82) is 0 Å². The Morgan fingerprint density at radius 3 is 2.49 bits per heavy atom. The van der Waals surface area contributed by atoms with Gasteiger partial charge in [-0.1, -0.05) is 42.5 Å². The number of benzene rings is 3. The minimum absolute atomic E-state index is 0.00161. The van der Waals surface area contributed by atoms with Crippen molar-refractivity contribution in [3.05, 3.63) is 89.5 Å². The van der Waals surface area contributed by atoms with E-state index < -0.39 is 23.9 Å². The topological polar surface area (TPSA) is 138 Å². The normalized spacial score (nSPS) is 17.9. The van der Waals surface area contributed by atoms with E-state index in [9.17, 15) is 24.3 Å². The molecule has 0 spiro atoms. The van der Waals surface area contributed by atoms with Gasteiger partial charge in [-0.15, -0.1) is 0 Å². The largest absolute Gasteiger partial charge is 0.508 e. The summed E-state index contributed by atoms with van der Waals surface area (Å²) < 4.78 is 11.8. The lowest BCUT2D eigenvalue weighted by Crippen LogP contribution is -2.50. The molecule has 1 aliphatic rings. The molecule has 0 bridgehead atoms. The number of rotatable bonds is 7. The number of aryl methyl sites for hydroxylation is 1. The van der Waals surface area contributed by atoms with Crippen LogP contribution in [0.15, 0.2) is 72.8 Å². The Bertz CT molecular complexity index is 1490. The van der Waals surface area contributed by atoms with E-state index in [1.54, 1.807) is 50.5 Å².